The smallest absolute Gasteiger partial charge is 0.124 e. The maximum Gasteiger partial charge on any atom is 0.124 e. The zero-order valence-corrected chi connectivity index (χ0v) is 10.5. The number of anilines is 1. The van der Waals surface area contributed by atoms with Crippen molar-refractivity contribution >= 4 is 5.69 Å². The van der Waals surface area contributed by atoms with Crippen LogP contribution in [0.4, 0.5) is 5.69 Å². The Bertz CT molecular complexity index is 377. The van der Waals surface area contributed by atoms with E-state index in [4.69, 9.17) is 14.7 Å². The number of hydrogen-bond acceptors (Lipinski definition) is 4. The Kier molecular flexibility index (Phi) is 5.15. The average molecular weight is 234 g/mol. The second kappa shape index (κ2) is 6.64. The molecule has 1 aromatic carbocycles. The van der Waals surface area contributed by atoms with Crippen molar-refractivity contribution in [3.63, 3.8) is 0 Å². The Labute approximate surface area is 102 Å². The third kappa shape index (κ3) is 3.87. The van der Waals surface area contributed by atoms with Gasteiger partial charge < -0.3 is 14.8 Å². The lowest BCUT2D eigenvalue weighted by atomic mass is 10.1. The van der Waals surface area contributed by atoms with Crippen LogP contribution in [0.2, 0.25) is 0 Å². The fourth-order valence-electron chi connectivity index (χ4n) is 1.53. The summed E-state index contributed by atoms with van der Waals surface area (Å²) < 4.78 is 10.4. The third-order valence-corrected chi connectivity index (χ3v) is 2.55. The molecule has 1 rings (SSSR count). The van der Waals surface area contributed by atoms with Crippen LogP contribution in [0.5, 0.6) is 11.5 Å². The molecule has 0 aliphatic heterocycles. The summed E-state index contributed by atoms with van der Waals surface area (Å²) in [7, 11) is 3.23. The van der Waals surface area contributed by atoms with Crippen LogP contribution in [0.15, 0.2) is 18.2 Å². The van der Waals surface area contributed by atoms with Crippen LogP contribution in [0.25, 0.3) is 0 Å². The highest BCUT2D eigenvalue weighted by molar-refractivity contribution is 5.54. The van der Waals surface area contributed by atoms with Crippen LogP contribution in [0.1, 0.15) is 19.8 Å². The molecule has 4 heteroatoms. The average Bonchev–Trinajstić information content (AvgIpc) is 2.37. The van der Waals surface area contributed by atoms with E-state index in [1.165, 1.54) is 0 Å². The quantitative estimate of drug-likeness (QED) is 0.822. The SMILES string of the molecule is CCC(CC#N)Nc1cc(OC)cc(OC)c1. The van der Waals surface area contributed by atoms with Gasteiger partial charge in [-0.2, -0.15) is 5.26 Å². The van der Waals surface area contributed by atoms with Gasteiger partial charge in [0.25, 0.3) is 0 Å². The number of nitrogens with zero attached hydrogens (tertiary/aromatic N) is 1. The van der Waals surface area contributed by atoms with Crippen molar-refractivity contribution in [1.82, 2.24) is 0 Å². The largest absolute Gasteiger partial charge is 0.497 e. The van der Waals surface area contributed by atoms with Crippen molar-refractivity contribution in [1.29, 1.82) is 5.26 Å². The Morgan fingerprint density at radius 1 is 1.24 bits per heavy atom. The summed E-state index contributed by atoms with van der Waals surface area (Å²) >= 11 is 0. The van der Waals surface area contributed by atoms with Crippen molar-refractivity contribution in [2.45, 2.75) is 25.8 Å². The van der Waals surface area contributed by atoms with Crippen LogP contribution in [-0.2, 0) is 0 Å². The molecule has 1 aromatic rings. The maximum atomic E-state index is 8.71. The Balaban J connectivity index is 2.85. The number of hydrogen-bond donors (Lipinski definition) is 1. The predicted molar refractivity (Wildman–Crippen MR) is 67.5 cm³/mol. The summed E-state index contributed by atoms with van der Waals surface area (Å²) in [6.07, 6.45) is 1.38. The number of nitrogens with one attached hydrogen (secondary N) is 1. The first-order valence-electron chi connectivity index (χ1n) is 5.60. The molecule has 1 unspecified atom stereocenters. The molecule has 0 radical (unpaired) electrons. The molecule has 92 valence electrons. The lowest BCUT2D eigenvalue weighted by Crippen LogP contribution is -2.17. The molecule has 1 atom stereocenters. The summed E-state index contributed by atoms with van der Waals surface area (Å²) in [5.74, 6) is 1.47. The molecule has 0 heterocycles. The lowest BCUT2D eigenvalue weighted by molar-refractivity contribution is 0.394. The first-order valence-corrected chi connectivity index (χ1v) is 5.60. The molecule has 0 saturated carbocycles. The molecule has 0 amide bonds. The van der Waals surface area contributed by atoms with Gasteiger partial charge in [-0.3, -0.25) is 0 Å². The lowest BCUT2D eigenvalue weighted by Gasteiger charge is -2.16. The van der Waals surface area contributed by atoms with Crippen LogP contribution in [0, 0.1) is 11.3 Å². The molecule has 0 aromatic heterocycles. The molecular weight excluding hydrogens is 216 g/mol. The summed E-state index contributed by atoms with van der Waals surface area (Å²) in [4.78, 5) is 0. The van der Waals surface area contributed by atoms with Crippen molar-refractivity contribution in [2.24, 2.45) is 0 Å². The first-order chi connectivity index (χ1) is 8.23. The number of rotatable bonds is 6. The van der Waals surface area contributed by atoms with E-state index in [0.29, 0.717) is 6.42 Å². The zero-order valence-electron chi connectivity index (χ0n) is 10.5. The van der Waals surface area contributed by atoms with E-state index < -0.39 is 0 Å². The first kappa shape index (κ1) is 13.2. The highest BCUT2D eigenvalue weighted by Crippen LogP contribution is 2.26. The topological polar surface area (TPSA) is 54.3 Å². The fourth-order valence-corrected chi connectivity index (χ4v) is 1.53. The van der Waals surface area contributed by atoms with Crippen molar-refractivity contribution < 1.29 is 9.47 Å². The molecular formula is C13H18N2O2. The van der Waals surface area contributed by atoms with Gasteiger partial charge >= 0.3 is 0 Å². The van der Waals surface area contributed by atoms with E-state index >= 15 is 0 Å². The van der Waals surface area contributed by atoms with E-state index in [9.17, 15) is 0 Å². The maximum absolute atomic E-state index is 8.71. The Hall–Kier alpha value is -1.89. The predicted octanol–water partition coefficient (Wildman–Crippen LogP) is 2.81. The van der Waals surface area contributed by atoms with E-state index in [-0.39, 0.29) is 6.04 Å². The fraction of sp³-hybridized carbons (Fsp3) is 0.462. The van der Waals surface area contributed by atoms with Crippen LogP contribution in [-0.4, -0.2) is 20.3 Å². The number of benzene rings is 1. The van der Waals surface area contributed by atoms with E-state index in [1.807, 2.05) is 25.1 Å². The van der Waals surface area contributed by atoms with Gasteiger partial charge in [0.15, 0.2) is 0 Å². The van der Waals surface area contributed by atoms with Crippen molar-refractivity contribution in [2.75, 3.05) is 19.5 Å². The molecule has 0 aliphatic carbocycles. The molecule has 1 N–H and O–H groups in total. The van der Waals surface area contributed by atoms with Crippen LogP contribution < -0.4 is 14.8 Å². The molecule has 17 heavy (non-hydrogen) atoms. The number of methoxy groups -OCH3 is 2. The summed E-state index contributed by atoms with van der Waals surface area (Å²) in [6.45, 7) is 2.05. The Morgan fingerprint density at radius 3 is 2.24 bits per heavy atom. The molecule has 0 aliphatic rings. The van der Waals surface area contributed by atoms with Gasteiger partial charge in [0, 0.05) is 29.9 Å². The minimum atomic E-state index is 0.150. The third-order valence-electron chi connectivity index (χ3n) is 2.55. The van der Waals surface area contributed by atoms with Gasteiger partial charge in [-0.15, -0.1) is 0 Å². The second-order valence-corrected chi connectivity index (χ2v) is 3.71. The van der Waals surface area contributed by atoms with Gasteiger partial charge in [-0.05, 0) is 6.42 Å². The molecule has 0 saturated heterocycles. The number of nitriles is 1. The van der Waals surface area contributed by atoms with Crippen molar-refractivity contribution in [3.8, 4) is 17.6 Å². The summed E-state index contributed by atoms with van der Waals surface area (Å²) in [5, 5.41) is 12.0. The van der Waals surface area contributed by atoms with E-state index in [1.54, 1.807) is 14.2 Å². The highest BCUT2D eigenvalue weighted by atomic mass is 16.5. The Morgan fingerprint density at radius 2 is 1.82 bits per heavy atom. The zero-order chi connectivity index (χ0) is 12.7. The standard InChI is InChI=1S/C13H18N2O2/c1-4-10(5-6-14)15-11-7-12(16-2)9-13(8-11)17-3/h7-10,15H,4-5H2,1-3H3. The minimum Gasteiger partial charge on any atom is -0.497 e. The highest BCUT2D eigenvalue weighted by Gasteiger charge is 2.07. The normalized spacial score (nSPS) is 11.4. The summed E-state index contributed by atoms with van der Waals surface area (Å²) in [5.41, 5.74) is 0.906. The van der Waals surface area contributed by atoms with Gasteiger partial charge in [0.2, 0.25) is 0 Å². The van der Waals surface area contributed by atoms with E-state index in [0.717, 1.165) is 23.6 Å². The van der Waals surface area contributed by atoms with Crippen LogP contribution >= 0.6 is 0 Å². The monoisotopic (exact) mass is 234 g/mol. The van der Waals surface area contributed by atoms with E-state index in [2.05, 4.69) is 11.4 Å². The van der Waals surface area contributed by atoms with Gasteiger partial charge in [-0.1, -0.05) is 6.92 Å². The van der Waals surface area contributed by atoms with Gasteiger partial charge in [0.1, 0.15) is 11.5 Å². The second-order valence-electron chi connectivity index (χ2n) is 3.71. The van der Waals surface area contributed by atoms with Gasteiger partial charge in [-0.25, -0.2) is 0 Å². The molecule has 0 bridgehead atoms. The van der Waals surface area contributed by atoms with Crippen molar-refractivity contribution in [3.05, 3.63) is 18.2 Å². The molecule has 0 spiro atoms. The molecule has 4 nitrogen and oxygen atoms in total. The van der Waals surface area contributed by atoms with Crippen LogP contribution in [0.3, 0.4) is 0 Å². The number of ether oxygens (including phenoxy) is 2. The molecule has 0 fully saturated rings. The summed E-state index contributed by atoms with van der Waals surface area (Å²) in [6, 6.07) is 7.92. The van der Waals surface area contributed by atoms with Gasteiger partial charge in [0.05, 0.1) is 26.7 Å². The minimum absolute atomic E-state index is 0.150.